The molecule has 6 heterocycles. The fourth-order valence-electron chi connectivity index (χ4n) is 4.84. The number of H-pyrrole nitrogens is 2. The summed E-state index contributed by atoms with van der Waals surface area (Å²) in [6.07, 6.45) is 9.76. The molecule has 1 saturated heterocycles. The van der Waals surface area contributed by atoms with Crippen LogP contribution < -0.4 is 14.8 Å². The molecule has 1 fully saturated rings. The Kier molecular flexibility index (Phi) is 3.62. The van der Waals surface area contributed by atoms with Crippen molar-refractivity contribution in [3.8, 4) is 34.1 Å². The van der Waals surface area contributed by atoms with Gasteiger partial charge in [0.05, 0.1) is 33.7 Å². The third-order valence-corrected chi connectivity index (χ3v) is 6.68. The second kappa shape index (κ2) is 6.83. The van der Waals surface area contributed by atoms with Crippen LogP contribution in [0, 0.1) is 0 Å². The van der Waals surface area contributed by atoms with Crippen molar-refractivity contribution in [3.63, 3.8) is 0 Å². The van der Waals surface area contributed by atoms with Crippen molar-refractivity contribution in [3.05, 3.63) is 95.9 Å². The van der Waals surface area contributed by atoms with Gasteiger partial charge in [-0.15, -0.1) is 0 Å². The number of fused-ring (bicyclic) bond motifs is 5. The summed E-state index contributed by atoms with van der Waals surface area (Å²) in [7, 11) is 0. The number of aromatic nitrogens is 5. The van der Waals surface area contributed by atoms with Crippen LogP contribution in [0.25, 0.3) is 39.3 Å². The lowest BCUT2D eigenvalue weighted by atomic mass is 10.0. The Balaban J connectivity index is 1.26. The summed E-state index contributed by atoms with van der Waals surface area (Å²) >= 11 is 0. The van der Waals surface area contributed by atoms with E-state index in [-0.39, 0.29) is 12.8 Å². The van der Waals surface area contributed by atoms with Gasteiger partial charge >= 0.3 is 0 Å². The lowest BCUT2D eigenvalue weighted by Crippen LogP contribution is -1.95. The molecule has 0 spiro atoms. The van der Waals surface area contributed by atoms with Gasteiger partial charge in [-0.3, -0.25) is 4.98 Å². The number of nitrogens with zero attached hydrogens (tertiary/aromatic N) is 3. The second-order valence-electron chi connectivity index (χ2n) is 8.73. The molecule has 1 aliphatic carbocycles. The van der Waals surface area contributed by atoms with Crippen LogP contribution in [0.3, 0.4) is 0 Å². The molecule has 1 atom stereocenters. The van der Waals surface area contributed by atoms with Crippen LogP contribution in [-0.2, 0) is 0 Å². The first-order chi connectivity index (χ1) is 17.3. The van der Waals surface area contributed by atoms with Crippen LogP contribution in [-0.4, -0.2) is 31.7 Å². The van der Waals surface area contributed by atoms with Crippen LogP contribution in [0.5, 0.6) is 11.5 Å². The van der Waals surface area contributed by atoms with Gasteiger partial charge in [0.2, 0.25) is 6.79 Å². The number of pyridine rings is 2. The third-order valence-electron chi connectivity index (χ3n) is 6.68. The third kappa shape index (κ3) is 2.83. The number of hydrogen-bond donors (Lipinski definition) is 3. The van der Waals surface area contributed by atoms with Crippen molar-refractivity contribution in [2.75, 3.05) is 6.79 Å². The number of aromatic amines is 2. The summed E-state index contributed by atoms with van der Waals surface area (Å²) in [5, 5.41) is 3.44. The van der Waals surface area contributed by atoms with E-state index in [0.717, 1.165) is 67.7 Å². The molecule has 0 bridgehead atoms. The molecule has 35 heavy (non-hydrogen) atoms. The SMILES string of the molecule is C1=C(c2ccc3c(c2)OCO3)c2nc(-c3c[nH]c4ccc(-c5ccncc5)nc34)[nH]c2C2NC2=C1. The molecule has 1 unspecified atom stereocenters. The monoisotopic (exact) mass is 458 g/mol. The first-order valence-electron chi connectivity index (χ1n) is 11.4. The van der Waals surface area contributed by atoms with E-state index in [1.165, 1.54) is 5.70 Å². The van der Waals surface area contributed by atoms with Gasteiger partial charge in [0.15, 0.2) is 11.5 Å². The molecular weight excluding hydrogens is 440 g/mol. The lowest BCUT2D eigenvalue weighted by Gasteiger charge is -2.07. The van der Waals surface area contributed by atoms with E-state index in [1.807, 2.05) is 36.5 Å². The highest BCUT2D eigenvalue weighted by Gasteiger charge is 2.37. The Hall–Kier alpha value is -4.85. The number of allylic oxidation sites excluding steroid dienone is 2. The van der Waals surface area contributed by atoms with E-state index in [2.05, 4.69) is 44.6 Å². The molecular formula is C27H18N6O2. The highest BCUT2D eigenvalue weighted by Crippen LogP contribution is 2.44. The topological polar surface area (TPSA) is 111 Å². The zero-order valence-electron chi connectivity index (χ0n) is 18.4. The summed E-state index contributed by atoms with van der Waals surface area (Å²) in [5.41, 5.74) is 9.88. The van der Waals surface area contributed by atoms with Crippen LogP contribution in [0.1, 0.15) is 23.0 Å². The van der Waals surface area contributed by atoms with Crippen molar-refractivity contribution in [1.82, 2.24) is 30.2 Å². The van der Waals surface area contributed by atoms with Crippen molar-refractivity contribution in [2.45, 2.75) is 6.04 Å². The van der Waals surface area contributed by atoms with Crippen molar-refractivity contribution in [2.24, 2.45) is 0 Å². The zero-order chi connectivity index (χ0) is 22.9. The second-order valence-corrected chi connectivity index (χ2v) is 8.73. The van der Waals surface area contributed by atoms with Gasteiger partial charge in [0.1, 0.15) is 11.9 Å². The van der Waals surface area contributed by atoms with Crippen molar-refractivity contribution in [1.29, 1.82) is 0 Å². The Morgan fingerprint density at radius 1 is 0.886 bits per heavy atom. The molecule has 168 valence electrons. The highest BCUT2D eigenvalue weighted by molar-refractivity contribution is 5.93. The van der Waals surface area contributed by atoms with Crippen molar-refractivity contribution < 1.29 is 9.47 Å². The normalized spacial score (nSPS) is 17.2. The molecule has 0 saturated carbocycles. The lowest BCUT2D eigenvalue weighted by molar-refractivity contribution is 0.174. The fourth-order valence-corrected chi connectivity index (χ4v) is 4.84. The minimum absolute atomic E-state index is 0.138. The van der Waals surface area contributed by atoms with Gasteiger partial charge in [-0.05, 0) is 48.0 Å². The fraction of sp³-hybridized carbons (Fsp3) is 0.0741. The first-order valence-corrected chi connectivity index (χ1v) is 11.4. The van der Waals surface area contributed by atoms with E-state index < -0.39 is 0 Å². The molecule has 8 heteroatoms. The molecule has 8 rings (SSSR count). The molecule has 1 aromatic carbocycles. The molecule has 2 aliphatic heterocycles. The molecule has 3 N–H and O–H groups in total. The zero-order valence-corrected chi connectivity index (χ0v) is 18.4. The number of benzene rings is 1. The molecule has 0 radical (unpaired) electrons. The maximum atomic E-state index is 5.62. The Morgan fingerprint density at radius 3 is 2.74 bits per heavy atom. The van der Waals surface area contributed by atoms with Crippen molar-refractivity contribution >= 4 is 16.6 Å². The number of nitrogens with one attached hydrogen (secondary N) is 3. The van der Waals surface area contributed by atoms with Gasteiger partial charge in [0.25, 0.3) is 0 Å². The predicted molar refractivity (Wildman–Crippen MR) is 131 cm³/mol. The van der Waals surface area contributed by atoms with Gasteiger partial charge in [-0.2, -0.15) is 0 Å². The minimum atomic E-state index is 0.138. The summed E-state index contributed by atoms with van der Waals surface area (Å²) < 4.78 is 11.1. The van der Waals surface area contributed by atoms with Gasteiger partial charge in [-0.25, -0.2) is 9.97 Å². The number of rotatable bonds is 3. The van der Waals surface area contributed by atoms with E-state index in [0.29, 0.717) is 0 Å². The Bertz CT molecular complexity index is 1710. The van der Waals surface area contributed by atoms with Crippen LogP contribution in [0.15, 0.2) is 78.9 Å². The summed E-state index contributed by atoms with van der Waals surface area (Å²) in [6, 6.07) is 14.2. The average Bonchev–Trinajstić information content (AvgIpc) is 3.22. The number of hydrogen-bond acceptors (Lipinski definition) is 6. The molecule has 0 amide bonds. The van der Waals surface area contributed by atoms with Gasteiger partial charge < -0.3 is 24.8 Å². The standard InChI is InChI=1S/C27H18N6O2/c1-6-21-22(35-13-34-21)11-15(1)16-2-3-20-25(31-20)26-24(16)32-27(33-26)17-12-29-19-5-4-18(30-23(17)19)14-7-9-28-10-8-14/h1-12,25,29,31H,13H2,(H,32,33). The molecule has 8 nitrogen and oxygen atoms in total. The van der Waals surface area contributed by atoms with E-state index in [4.69, 9.17) is 19.4 Å². The summed E-state index contributed by atoms with van der Waals surface area (Å²) in [4.78, 5) is 21.1. The number of imidazole rings is 1. The number of ether oxygens (including phenoxy) is 2. The van der Waals surface area contributed by atoms with Crippen LogP contribution in [0.4, 0.5) is 0 Å². The quantitative estimate of drug-likeness (QED) is 0.338. The molecule has 3 aliphatic rings. The van der Waals surface area contributed by atoms with E-state index >= 15 is 0 Å². The van der Waals surface area contributed by atoms with Gasteiger partial charge in [-0.1, -0.05) is 12.1 Å². The maximum absolute atomic E-state index is 5.62. The first kappa shape index (κ1) is 18.6. The van der Waals surface area contributed by atoms with Gasteiger partial charge in [0, 0.05) is 35.4 Å². The van der Waals surface area contributed by atoms with E-state index in [9.17, 15) is 0 Å². The molecule has 4 aromatic heterocycles. The van der Waals surface area contributed by atoms with Crippen LogP contribution in [0.2, 0.25) is 0 Å². The smallest absolute Gasteiger partial charge is 0.231 e. The Morgan fingerprint density at radius 2 is 1.80 bits per heavy atom. The van der Waals surface area contributed by atoms with Crippen LogP contribution >= 0.6 is 0 Å². The summed E-state index contributed by atoms with van der Waals surface area (Å²) in [5.74, 6) is 2.30. The van der Waals surface area contributed by atoms with E-state index in [1.54, 1.807) is 12.4 Å². The maximum Gasteiger partial charge on any atom is 0.231 e. The largest absolute Gasteiger partial charge is 0.454 e. The Labute approximate surface area is 199 Å². The highest BCUT2D eigenvalue weighted by atomic mass is 16.7. The predicted octanol–water partition coefficient (Wildman–Crippen LogP) is 4.72. The average molecular weight is 458 g/mol. The minimum Gasteiger partial charge on any atom is -0.454 e. The summed E-state index contributed by atoms with van der Waals surface area (Å²) in [6.45, 7) is 0.251. The molecule has 5 aromatic rings.